The minimum absolute atomic E-state index is 0.130. The number of carbonyl (C=O) groups is 1. The summed E-state index contributed by atoms with van der Waals surface area (Å²) >= 11 is 5.83. The Labute approximate surface area is 90.7 Å². The van der Waals surface area contributed by atoms with Crippen LogP contribution in [0.3, 0.4) is 0 Å². The molecule has 0 aromatic heterocycles. The predicted octanol–water partition coefficient (Wildman–Crippen LogP) is 1.99. The molecule has 0 aromatic carbocycles. The van der Waals surface area contributed by atoms with Gasteiger partial charge in [-0.15, -0.1) is 0 Å². The van der Waals surface area contributed by atoms with Gasteiger partial charge in [0.1, 0.15) is 0 Å². The Morgan fingerprint density at radius 2 is 1.57 bits per heavy atom. The highest BCUT2D eigenvalue weighted by Gasteiger charge is 2.47. The molecule has 3 nitrogen and oxygen atoms in total. The van der Waals surface area contributed by atoms with Crippen molar-refractivity contribution in [3.8, 4) is 0 Å². The van der Waals surface area contributed by atoms with E-state index in [0.717, 1.165) is 0 Å². The fourth-order valence-electron chi connectivity index (χ4n) is 1.08. The van der Waals surface area contributed by atoms with Gasteiger partial charge < -0.3 is 0 Å². The Balaban J connectivity index is 5.30. The molecule has 84 valence electrons. The Morgan fingerprint density at radius 1 is 1.21 bits per heavy atom. The van der Waals surface area contributed by atoms with Gasteiger partial charge in [0.2, 0.25) is 4.21 Å². The molecule has 0 unspecified atom stereocenters. The molecule has 0 amide bonds. The summed E-state index contributed by atoms with van der Waals surface area (Å²) in [7, 11) is -3.56. The molecule has 0 rings (SSSR count). The summed E-state index contributed by atoms with van der Waals surface area (Å²) < 4.78 is 21.3. The van der Waals surface area contributed by atoms with Crippen LogP contribution < -0.4 is 0 Å². The van der Waals surface area contributed by atoms with Crippen LogP contribution in [0.5, 0.6) is 0 Å². The third kappa shape index (κ3) is 2.48. The number of ketones is 1. The van der Waals surface area contributed by atoms with Crippen LogP contribution >= 0.6 is 11.6 Å². The van der Waals surface area contributed by atoms with E-state index in [0.29, 0.717) is 0 Å². The van der Waals surface area contributed by atoms with Crippen molar-refractivity contribution >= 4 is 27.2 Å². The molecule has 0 radical (unpaired) electrons. The van der Waals surface area contributed by atoms with Gasteiger partial charge in [0.15, 0.2) is 15.6 Å². The maximum atomic E-state index is 11.8. The van der Waals surface area contributed by atoms with Gasteiger partial charge in [0.25, 0.3) is 0 Å². The van der Waals surface area contributed by atoms with Crippen LogP contribution in [0.4, 0.5) is 0 Å². The summed E-state index contributed by atoms with van der Waals surface area (Å²) in [5.74, 6) is -0.594. The number of hydrogen-bond donors (Lipinski definition) is 0. The number of alkyl halides is 1. The number of carbonyl (C=O) groups excluding carboxylic acids is 1. The maximum Gasteiger partial charge on any atom is 0.201 e. The molecule has 0 aliphatic rings. The van der Waals surface area contributed by atoms with Crippen LogP contribution in [0.2, 0.25) is 0 Å². The second kappa shape index (κ2) is 3.81. The molecule has 0 aliphatic heterocycles. The van der Waals surface area contributed by atoms with Crippen molar-refractivity contribution in [1.29, 1.82) is 0 Å². The third-order valence-corrected chi connectivity index (χ3v) is 5.04. The average molecular weight is 241 g/mol. The summed E-state index contributed by atoms with van der Waals surface area (Å²) in [5.41, 5.74) is -0.751. The lowest BCUT2D eigenvalue weighted by atomic mass is 9.89. The summed E-state index contributed by atoms with van der Waals surface area (Å²) in [6.45, 7) is 7.69. The van der Waals surface area contributed by atoms with Crippen LogP contribution in [0.15, 0.2) is 0 Å². The Hall–Kier alpha value is -0.0900. The van der Waals surface area contributed by atoms with Gasteiger partial charge in [0, 0.05) is 11.2 Å². The van der Waals surface area contributed by atoms with Crippen LogP contribution in [-0.4, -0.2) is 24.2 Å². The standard InChI is InChI=1S/C9H17ClO3S/c1-6-14(12,13)9(5,10)7(11)8(2,3)4/h6H2,1-5H3/t9-/m0/s1. The van der Waals surface area contributed by atoms with E-state index in [9.17, 15) is 13.2 Å². The first-order chi connectivity index (χ1) is 5.97. The fraction of sp³-hybridized carbons (Fsp3) is 0.889. The zero-order valence-corrected chi connectivity index (χ0v) is 10.8. The van der Waals surface area contributed by atoms with Crippen molar-refractivity contribution in [3.05, 3.63) is 0 Å². The summed E-state index contributed by atoms with van der Waals surface area (Å²) in [5, 5.41) is 0. The van der Waals surface area contributed by atoms with Gasteiger partial charge in [-0.2, -0.15) is 0 Å². The van der Waals surface area contributed by atoms with Crippen molar-refractivity contribution in [2.45, 2.75) is 38.8 Å². The zero-order valence-electron chi connectivity index (χ0n) is 9.22. The van der Waals surface area contributed by atoms with Gasteiger partial charge in [-0.3, -0.25) is 4.79 Å². The monoisotopic (exact) mass is 240 g/mol. The first-order valence-electron chi connectivity index (χ1n) is 4.43. The minimum Gasteiger partial charge on any atom is -0.296 e. The molecule has 0 fully saturated rings. The smallest absolute Gasteiger partial charge is 0.201 e. The third-order valence-electron chi connectivity index (χ3n) is 2.05. The van der Waals surface area contributed by atoms with Crippen molar-refractivity contribution in [2.75, 3.05) is 5.75 Å². The van der Waals surface area contributed by atoms with E-state index in [1.807, 2.05) is 0 Å². The van der Waals surface area contributed by atoms with E-state index in [1.165, 1.54) is 13.8 Å². The number of halogens is 1. The number of Topliss-reactive ketones (excluding diaryl/α,β-unsaturated/α-hetero) is 1. The second-order valence-electron chi connectivity index (χ2n) is 4.40. The Bertz CT molecular complexity index is 322. The van der Waals surface area contributed by atoms with Crippen molar-refractivity contribution in [1.82, 2.24) is 0 Å². The molecule has 0 spiro atoms. The molecular formula is C9H17ClO3S. The van der Waals surface area contributed by atoms with Gasteiger partial charge in [-0.1, -0.05) is 39.3 Å². The molecule has 0 aromatic rings. The fourth-order valence-corrected chi connectivity index (χ4v) is 2.82. The van der Waals surface area contributed by atoms with E-state index in [2.05, 4.69) is 0 Å². The maximum absolute atomic E-state index is 11.8. The molecule has 0 heterocycles. The van der Waals surface area contributed by atoms with Gasteiger partial charge >= 0.3 is 0 Å². The van der Waals surface area contributed by atoms with E-state index in [1.54, 1.807) is 20.8 Å². The SMILES string of the molecule is CCS(=O)(=O)[C@](C)(Cl)C(=O)C(C)(C)C. The molecule has 1 atom stereocenters. The highest BCUT2D eigenvalue weighted by atomic mass is 35.5. The van der Waals surface area contributed by atoms with E-state index in [4.69, 9.17) is 11.6 Å². The summed E-state index contributed by atoms with van der Waals surface area (Å²) in [6, 6.07) is 0. The number of rotatable bonds is 3. The van der Waals surface area contributed by atoms with Crippen LogP contribution in [0, 0.1) is 5.41 Å². The Kier molecular flexibility index (Phi) is 3.79. The summed E-state index contributed by atoms with van der Waals surface area (Å²) in [6.07, 6.45) is 0. The Morgan fingerprint density at radius 3 is 1.79 bits per heavy atom. The van der Waals surface area contributed by atoms with Crippen molar-refractivity contribution in [3.63, 3.8) is 0 Å². The number of sulfone groups is 1. The molecule has 0 aliphatic carbocycles. The molecule has 5 heteroatoms. The first kappa shape index (κ1) is 13.9. The van der Waals surface area contributed by atoms with Gasteiger partial charge in [-0.25, -0.2) is 8.42 Å². The van der Waals surface area contributed by atoms with Crippen molar-refractivity contribution < 1.29 is 13.2 Å². The summed E-state index contributed by atoms with van der Waals surface area (Å²) in [4.78, 5) is 11.8. The first-order valence-corrected chi connectivity index (χ1v) is 6.46. The molecule has 0 saturated heterocycles. The molecule has 14 heavy (non-hydrogen) atoms. The highest BCUT2D eigenvalue weighted by Crippen LogP contribution is 2.32. The quantitative estimate of drug-likeness (QED) is 0.709. The van der Waals surface area contributed by atoms with Crippen LogP contribution in [-0.2, 0) is 14.6 Å². The normalized spacial score (nSPS) is 17.6. The lowest BCUT2D eigenvalue weighted by molar-refractivity contribution is -0.126. The molecule has 0 saturated carbocycles. The van der Waals surface area contributed by atoms with E-state index in [-0.39, 0.29) is 5.75 Å². The van der Waals surface area contributed by atoms with E-state index < -0.39 is 25.2 Å². The number of hydrogen-bond acceptors (Lipinski definition) is 3. The molecular weight excluding hydrogens is 224 g/mol. The van der Waals surface area contributed by atoms with Gasteiger partial charge in [0.05, 0.1) is 0 Å². The van der Waals surface area contributed by atoms with E-state index >= 15 is 0 Å². The van der Waals surface area contributed by atoms with Crippen LogP contribution in [0.1, 0.15) is 34.6 Å². The molecule has 0 N–H and O–H groups in total. The van der Waals surface area contributed by atoms with Gasteiger partial charge in [-0.05, 0) is 6.92 Å². The molecule has 0 bridgehead atoms. The zero-order chi connectivity index (χ0) is 11.8. The lowest BCUT2D eigenvalue weighted by Crippen LogP contribution is -2.45. The highest BCUT2D eigenvalue weighted by molar-refractivity contribution is 7.94. The predicted molar refractivity (Wildman–Crippen MR) is 58.2 cm³/mol. The minimum atomic E-state index is -3.56. The largest absolute Gasteiger partial charge is 0.296 e. The lowest BCUT2D eigenvalue weighted by Gasteiger charge is -2.27. The topological polar surface area (TPSA) is 51.2 Å². The van der Waals surface area contributed by atoms with Crippen LogP contribution in [0.25, 0.3) is 0 Å². The van der Waals surface area contributed by atoms with Crippen molar-refractivity contribution in [2.24, 2.45) is 5.41 Å². The second-order valence-corrected chi connectivity index (χ2v) is 8.00. The average Bonchev–Trinajstić information content (AvgIpc) is 2.01.